The van der Waals surface area contributed by atoms with Gasteiger partial charge >= 0.3 is 0 Å². The number of benzene rings is 9. The first kappa shape index (κ1) is 31.2. The zero-order chi connectivity index (χ0) is 36.3. The van der Waals surface area contributed by atoms with Crippen molar-refractivity contribution in [2.24, 2.45) is 0 Å². The highest BCUT2D eigenvalue weighted by Gasteiger charge is 2.21. The summed E-state index contributed by atoms with van der Waals surface area (Å²) in [5, 5.41) is 6.92. The van der Waals surface area contributed by atoms with E-state index in [0.717, 1.165) is 83.2 Å². The number of hydrogen-bond donors (Lipinski definition) is 0. The molecule has 0 aliphatic carbocycles. The highest BCUT2D eigenvalue weighted by molar-refractivity contribution is 6.23. The highest BCUT2D eigenvalue weighted by atomic mass is 16.3. The van der Waals surface area contributed by atoms with Crippen molar-refractivity contribution in [3.63, 3.8) is 0 Å². The van der Waals surface area contributed by atoms with Gasteiger partial charge in [0.1, 0.15) is 22.3 Å². The quantitative estimate of drug-likeness (QED) is 0.173. The standard InChI is InChI=1S/C52H33NO2/c1-2-11-34(12-3-1)35-21-27-39(28-22-35)53(40-29-23-36(24-30-40)38-25-31-44-43-16-7-9-19-47(43)54-50(44)33-38)46-18-8-6-15-42(46)45-17-10-20-48-52(45)51-41-14-5-4-13-37(41)26-32-49(51)55-48/h1-33H. The van der Waals surface area contributed by atoms with Gasteiger partial charge in [0.15, 0.2) is 0 Å². The van der Waals surface area contributed by atoms with Crippen LogP contribution in [-0.4, -0.2) is 0 Å². The van der Waals surface area contributed by atoms with E-state index in [-0.39, 0.29) is 0 Å². The van der Waals surface area contributed by atoms with Gasteiger partial charge in [-0.05, 0) is 99.3 Å². The van der Waals surface area contributed by atoms with E-state index >= 15 is 0 Å². The fourth-order valence-corrected chi connectivity index (χ4v) is 8.28. The molecule has 0 N–H and O–H groups in total. The van der Waals surface area contributed by atoms with Crippen LogP contribution in [0.1, 0.15) is 0 Å². The van der Waals surface area contributed by atoms with Gasteiger partial charge in [0.05, 0.1) is 5.69 Å². The van der Waals surface area contributed by atoms with Crippen LogP contribution in [0, 0.1) is 0 Å². The van der Waals surface area contributed by atoms with Gasteiger partial charge in [-0.15, -0.1) is 0 Å². The van der Waals surface area contributed by atoms with E-state index in [1.165, 1.54) is 21.9 Å². The van der Waals surface area contributed by atoms with Crippen molar-refractivity contribution in [2.45, 2.75) is 0 Å². The van der Waals surface area contributed by atoms with E-state index < -0.39 is 0 Å². The van der Waals surface area contributed by atoms with Crippen molar-refractivity contribution in [3.8, 4) is 33.4 Å². The monoisotopic (exact) mass is 703 g/mol. The van der Waals surface area contributed by atoms with Crippen LogP contribution in [0.25, 0.3) is 88.0 Å². The Labute approximate surface area is 317 Å². The van der Waals surface area contributed by atoms with Gasteiger partial charge in [-0.25, -0.2) is 0 Å². The highest BCUT2D eigenvalue weighted by Crippen LogP contribution is 2.46. The molecule has 0 saturated carbocycles. The van der Waals surface area contributed by atoms with Crippen molar-refractivity contribution in [3.05, 3.63) is 200 Å². The Morgan fingerprint density at radius 1 is 0.309 bits per heavy atom. The Balaban J connectivity index is 1.08. The topological polar surface area (TPSA) is 29.5 Å². The summed E-state index contributed by atoms with van der Waals surface area (Å²) in [6, 6.07) is 71.0. The molecule has 3 heteroatoms. The molecule has 0 atom stereocenters. The van der Waals surface area contributed by atoms with Crippen LogP contribution in [0.4, 0.5) is 17.1 Å². The fraction of sp³-hybridized carbons (Fsp3) is 0. The van der Waals surface area contributed by atoms with Crippen molar-refractivity contribution < 1.29 is 8.83 Å². The Kier molecular flexibility index (Phi) is 7.17. The summed E-state index contributed by atoms with van der Waals surface area (Å²) in [4.78, 5) is 2.37. The number of rotatable bonds is 6. The van der Waals surface area contributed by atoms with Crippen molar-refractivity contribution in [2.75, 3.05) is 4.90 Å². The molecule has 2 heterocycles. The zero-order valence-corrected chi connectivity index (χ0v) is 29.8. The molecule has 0 unspecified atom stereocenters. The minimum absolute atomic E-state index is 0.878. The Morgan fingerprint density at radius 3 is 1.69 bits per heavy atom. The van der Waals surface area contributed by atoms with Gasteiger partial charge < -0.3 is 13.7 Å². The van der Waals surface area contributed by atoms with Crippen LogP contribution in [0.2, 0.25) is 0 Å². The zero-order valence-electron chi connectivity index (χ0n) is 29.8. The summed E-state index contributed by atoms with van der Waals surface area (Å²) in [6.45, 7) is 0. The molecule has 3 nitrogen and oxygen atoms in total. The minimum atomic E-state index is 0.878. The van der Waals surface area contributed by atoms with Crippen LogP contribution in [0.3, 0.4) is 0 Å². The third-order valence-electron chi connectivity index (χ3n) is 10.9. The van der Waals surface area contributed by atoms with E-state index in [1.54, 1.807) is 0 Å². The molecule has 2 aromatic heterocycles. The van der Waals surface area contributed by atoms with E-state index in [0.29, 0.717) is 0 Å². The molecule has 0 bridgehead atoms. The van der Waals surface area contributed by atoms with Gasteiger partial charge in [0.25, 0.3) is 0 Å². The molecule has 0 spiro atoms. The minimum Gasteiger partial charge on any atom is -0.456 e. The molecule has 0 fully saturated rings. The molecule has 0 saturated heterocycles. The number of furan rings is 2. The first-order chi connectivity index (χ1) is 27.3. The van der Waals surface area contributed by atoms with Gasteiger partial charge in [0, 0.05) is 38.5 Å². The molecule has 55 heavy (non-hydrogen) atoms. The molecule has 0 aliphatic rings. The summed E-state index contributed by atoms with van der Waals surface area (Å²) in [5.41, 5.74) is 13.6. The summed E-state index contributed by atoms with van der Waals surface area (Å²) in [6.07, 6.45) is 0. The van der Waals surface area contributed by atoms with Crippen LogP contribution in [0.5, 0.6) is 0 Å². The lowest BCUT2D eigenvalue weighted by molar-refractivity contribution is 0.669. The lowest BCUT2D eigenvalue weighted by atomic mass is 9.95. The first-order valence-corrected chi connectivity index (χ1v) is 18.7. The van der Waals surface area contributed by atoms with Crippen LogP contribution >= 0.6 is 0 Å². The molecular weight excluding hydrogens is 671 g/mol. The van der Waals surface area contributed by atoms with Gasteiger partial charge in [0.2, 0.25) is 0 Å². The van der Waals surface area contributed by atoms with Crippen molar-refractivity contribution in [1.29, 1.82) is 0 Å². The maximum atomic E-state index is 6.53. The summed E-state index contributed by atoms with van der Waals surface area (Å²) in [7, 11) is 0. The lowest BCUT2D eigenvalue weighted by Crippen LogP contribution is -2.11. The van der Waals surface area contributed by atoms with Crippen LogP contribution in [-0.2, 0) is 0 Å². The summed E-state index contributed by atoms with van der Waals surface area (Å²) in [5.74, 6) is 0. The van der Waals surface area contributed by atoms with Crippen LogP contribution in [0.15, 0.2) is 209 Å². The predicted molar refractivity (Wildman–Crippen MR) is 229 cm³/mol. The predicted octanol–water partition coefficient (Wildman–Crippen LogP) is 15.1. The summed E-state index contributed by atoms with van der Waals surface area (Å²) >= 11 is 0. The number of anilines is 3. The average Bonchev–Trinajstić information content (AvgIpc) is 3.83. The Hall–Kier alpha value is -7.36. The molecule has 9 aromatic carbocycles. The van der Waals surface area contributed by atoms with E-state index in [2.05, 4.69) is 193 Å². The molecule has 11 rings (SSSR count). The smallest absolute Gasteiger partial charge is 0.136 e. The van der Waals surface area contributed by atoms with Gasteiger partial charge in [-0.2, -0.15) is 0 Å². The average molecular weight is 704 g/mol. The third kappa shape index (κ3) is 5.20. The molecule has 0 aliphatic heterocycles. The second-order valence-corrected chi connectivity index (χ2v) is 14.1. The maximum absolute atomic E-state index is 6.53. The van der Waals surface area contributed by atoms with Crippen LogP contribution < -0.4 is 4.90 Å². The first-order valence-electron chi connectivity index (χ1n) is 18.7. The van der Waals surface area contributed by atoms with E-state index in [1.807, 2.05) is 12.1 Å². The normalized spacial score (nSPS) is 11.6. The number of nitrogens with zero attached hydrogens (tertiary/aromatic N) is 1. The largest absolute Gasteiger partial charge is 0.456 e. The second-order valence-electron chi connectivity index (χ2n) is 14.1. The number of para-hydroxylation sites is 2. The van der Waals surface area contributed by atoms with Crippen molar-refractivity contribution in [1.82, 2.24) is 0 Å². The second kappa shape index (κ2) is 12.6. The SMILES string of the molecule is c1ccc(-c2ccc(N(c3ccc(-c4ccc5c(c4)oc4ccccc45)cc3)c3ccccc3-c3cccc4oc5ccc6ccccc6c5c34)cc2)cc1. The maximum Gasteiger partial charge on any atom is 0.136 e. The molecule has 11 aromatic rings. The number of fused-ring (bicyclic) bond motifs is 8. The van der Waals surface area contributed by atoms with Gasteiger partial charge in [-0.3, -0.25) is 0 Å². The molecule has 0 radical (unpaired) electrons. The molecular formula is C52H33NO2. The molecule has 258 valence electrons. The third-order valence-corrected chi connectivity index (χ3v) is 10.9. The van der Waals surface area contributed by atoms with Gasteiger partial charge in [-0.1, -0.05) is 140 Å². The van der Waals surface area contributed by atoms with E-state index in [4.69, 9.17) is 8.83 Å². The Morgan fingerprint density at radius 2 is 0.873 bits per heavy atom. The summed E-state index contributed by atoms with van der Waals surface area (Å²) < 4.78 is 12.8. The van der Waals surface area contributed by atoms with Crippen molar-refractivity contribution >= 4 is 71.7 Å². The van der Waals surface area contributed by atoms with E-state index in [9.17, 15) is 0 Å². The fourth-order valence-electron chi connectivity index (χ4n) is 8.28. The molecule has 0 amide bonds. The Bertz CT molecular complexity index is 3190. The lowest BCUT2D eigenvalue weighted by Gasteiger charge is -2.28. The number of hydrogen-bond acceptors (Lipinski definition) is 3.